The molecule has 2 aromatic rings. The molecule has 1 fully saturated rings. The van der Waals surface area contributed by atoms with Gasteiger partial charge in [0, 0.05) is 31.6 Å². The fourth-order valence-electron chi connectivity index (χ4n) is 3.23. The van der Waals surface area contributed by atoms with Crippen LogP contribution in [0.25, 0.3) is 10.8 Å². The number of rotatable bonds is 7. The van der Waals surface area contributed by atoms with E-state index in [-0.39, 0.29) is 18.9 Å². The van der Waals surface area contributed by atoms with Crippen LogP contribution in [0.5, 0.6) is 5.75 Å². The predicted octanol–water partition coefficient (Wildman–Crippen LogP) is 2.21. The van der Waals surface area contributed by atoms with Gasteiger partial charge in [-0.15, -0.1) is 0 Å². The number of aliphatic carboxylic acids is 1. The highest BCUT2D eigenvalue weighted by atomic mass is 16.5. The van der Waals surface area contributed by atoms with Gasteiger partial charge in [-0.3, -0.25) is 9.59 Å². The Morgan fingerprint density at radius 1 is 1.27 bits per heavy atom. The Morgan fingerprint density at radius 2 is 2.04 bits per heavy atom. The number of carboxylic acid groups (broad SMARTS) is 1. The summed E-state index contributed by atoms with van der Waals surface area (Å²) in [6, 6.07) is 11.9. The zero-order valence-electron chi connectivity index (χ0n) is 15.1. The lowest BCUT2D eigenvalue weighted by atomic mass is 10.0. The summed E-state index contributed by atoms with van der Waals surface area (Å²) in [4.78, 5) is 27.1. The minimum atomic E-state index is -0.916. The summed E-state index contributed by atoms with van der Waals surface area (Å²) in [5.74, 6) is -0.918. The van der Waals surface area contributed by atoms with Crippen LogP contribution in [0.1, 0.15) is 12.0 Å². The third kappa shape index (κ3) is 3.96. The molecule has 1 heterocycles. The van der Waals surface area contributed by atoms with E-state index in [2.05, 4.69) is 0 Å². The largest absolute Gasteiger partial charge is 0.492 e. The SMILES string of the molecule is CN(C)CCOc1ccc2ccccc2c1CN1CC(C(=O)O)CC1=O. The molecule has 0 aromatic heterocycles. The first-order chi connectivity index (χ1) is 12.5. The van der Waals surface area contributed by atoms with Crippen molar-refractivity contribution in [3.8, 4) is 5.75 Å². The van der Waals surface area contributed by atoms with Gasteiger partial charge >= 0.3 is 5.97 Å². The van der Waals surface area contributed by atoms with Gasteiger partial charge in [-0.1, -0.05) is 30.3 Å². The minimum absolute atomic E-state index is 0.0664. The van der Waals surface area contributed by atoms with Crippen LogP contribution in [0, 0.1) is 5.92 Å². The molecule has 26 heavy (non-hydrogen) atoms. The van der Waals surface area contributed by atoms with Crippen LogP contribution >= 0.6 is 0 Å². The summed E-state index contributed by atoms with van der Waals surface area (Å²) in [5, 5.41) is 11.3. The summed E-state index contributed by atoms with van der Waals surface area (Å²) in [6.07, 6.45) is 0.0664. The van der Waals surface area contributed by atoms with Crippen molar-refractivity contribution in [3.05, 3.63) is 42.0 Å². The Morgan fingerprint density at radius 3 is 2.73 bits per heavy atom. The molecule has 0 saturated carbocycles. The van der Waals surface area contributed by atoms with Crippen molar-refractivity contribution in [2.75, 3.05) is 33.8 Å². The number of carbonyl (C=O) groups is 2. The summed E-state index contributed by atoms with van der Waals surface area (Å²) in [7, 11) is 3.97. The molecular weight excluding hydrogens is 332 g/mol. The van der Waals surface area contributed by atoms with Crippen LogP contribution in [-0.2, 0) is 16.1 Å². The second-order valence-electron chi connectivity index (χ2n) is 6.93. The first-order valence-electron chi connectivity index (χ1n) is 8.74. The second-order valence-corrected chi connectivity index (χ2v) is 6.93. The molecule has 1 unspecified atom stereocenters. The van der Waals surface area contributed by atoms with Crippen molar-refractivity contribution in [1.29, 1.82) is 0 Å². The molecule has 3 rings (SSSR count). The highest BCUT2D eigenvalue weighted by Gasteiger charge is 2.34. The number of amides is 1. The molecule has 0 radical (unpaired) electrons. The van der Waals surface area contributed by atoms with Gasteiger partial charge in [-0.05, 0) is 30.9 Å². The van der Waals surface area contributed by atoms with E-state index < -0.39 is 11.9 Å². The van der Waals surface area contributed by atoms with Crippen molar-refractivity contribution in [1.82, 2.24) is 9.80 Å². The van der Waals surface area contributed by atoms with Crippen molar-refractivity contribution >= 4 is 22.6 Å². The molecule has 0 spiro atoms. The van der Waals surface area contributed by atoms with E-state index in [4.69, 9.17) is 4.74 Å². The third-order valence-electron chi connectivity index (χ3n) is 4.71. The molecular formula is C20H24N2O4. The van der Waals surface area contributed by atoms with Crippen LogP contribution in [-0.4, -0.2) is 60.6 Å². The Labute approximate surface area is 153 Å². The van der Waals surface area contributed by atoms with Gasteiger partial charge in [0.2, 0.25) is 5.91 Å². The molecule has 6 heteroatoms. The lowest BCUT2D eigenvalue weighted by molar-refractivity contribution is -0.141. The van der Waals surface area contributed by atoms with Crippen LogP contribution in [0.4, 0.5) is 0 Å². The average Bonchev–Trinajstić information content (AvgIpc) is 2.97. The lowest BCUT2D eigenvalue weighted by Gasteiger charge is -2.21. The van der Waals surface area contributed by atoms with Crippen LogP contribution in [0.2, 0.25) is 0 Å². The number of likely N-dealkylation sites (N-methyl/N-ethyl adjacent to an activating group) is 1. The Balaban J connectivity index is 1.89. The van der Waals surface area contributed by atoms with Crippen molar-refractivity contribution in [2.45, 2.75) is 13.0 Å². The number of ether oxygens (including phenoxy) is 1. The Kier molecular flexibility index (Phi) is 5.42. The molecule has 1 atom stereocenters. The summed E-state index contributed by atoms with van der Waals surface area (Å²) < 4.78 is 5.98. The van der Waals surface area contributed by atoms with E-state index in [0.717, 1.165) is 28.6 Å². The zero-order valence-corrected chi connectivity index (χ0v) is 15.1. The number of hydrogen-bond donors (Lipinski definition) is 1. The highest BCUT2D eigenvalue weighted by Crippen LogP contribution is 2.31. The van der Waals surface area contributed by atoms with E-state index in [1.807, 2.05) is 55.4 Å². The smallest absolute Gasteiger partial charge is 0.308 e. The van der Waals surface area contributed by atoms with E-state index in [1.165, 1.54) is 0 Å². The average molecular weight is 356 g/mol. The maximum absolute atomic E-state index is 12.3. The number of nitrogens with zero attached hydrogens (tertiary/aromatic N) is 2. The number of likely N-dealkylation sites (tertiary alicyclic amines) is 1. The molecule has 1 N–H and O–H groups in total. The van der Waals surface area contributed by atoms with Crippen molar-refractivity contribution in [3.63, 3.8) is 0 Å². The van der Waals surface area contributed by atoms with Gasteiger partial charge in [0.15, 0.2) is 0 Å². The number of fused-ring (bicyclic) bond motifs is 1. The van der Waals surface area contributed by atoms with E-state index in [1.54, 1.807) is 4.90 Å². The summed E-state index contributed by atoms with van der Waals surface area (Å²) >= 11 is 0. The molecule has 1 aliphatic rings. The molecule has 0 aliphatic carbocycles. The molecule has 0 bridgehead atoms. The van der Waals surface area contributed by atoms with Crippen molar-refractivity contribution in [2.24, 2.45) is 5.92 Å². The van der Waals surface area contributed by atoms with E-state index in [0.29, 0.717) is 13.2 Å². The molecule has 2 aromatic carbocycles. The van der Waals surface area contributed by atoms with Gasteiger partial charge in [0.25, 0.3) is 0 Å². The number of carbonyl (C=O) groups excluding carboxylic acids is 1. The monoisotopic (exact) mass is 356 g/mol. The second kappa shape index (κ2) is 7.74. The standard InChI is InChI=1S/C20H24N2O4/c1-21(2)9-10-26-18-8-7-14-5-3-4-6-16(14)17(18)13-22-12-15(20(24)25)11-19(22)23/h3-8,15H,9-13H2,1-2H3,(H,24,25). The molecule has 1 saturated heterocycles. The molecule has 138 valence electrons. The third-order valence-corrected chi connectivity index (χ3v) is 4.71. The van der Waals surface area contributed by atoms with E-state index >= 15 is 0 Å². The highest BCUT2D eigenvalue weighted by molar-refractivity contribution is 5.89. The van der Waals surface area contributed by atoms with Gasteiger partial charge < -0.3 is 19.6 Å². The molecule has 6 nitrogen and oxygen atoms in total. The number of hydrogen-bond acceptors (Lipinski definition) is 4. The quantitative estimate of drug-likeness (QED) is 0.824. The molecule has 1 amide bonds. The van der Waals surface area contributed by atoms with Gasteiger partial charge in [-0.25, -0.2) is 0 Å². The van der Waals surface area contributed by atoms with Gasteiger partial charge in [0.1, 0.15) is 12.4 Å². The van der Waals surface area contributed by atoms with Crippen LogP contribution in [0.15, 0.2) is 36.4 Å². The molecule has 1 aliphatic heterocycles. The Bertz CT molecular complexity index is 819. The van der Waals surface area contributed by atoms with E-state index in [9.17, 15) is 14.7 Å². The number of carboxylic acids is 1. The normalized spacial score (nSPS) is 17.3. The zero-order chi connectivity index (χ0) is 18.7. The summed E-state index contributed by atoms with van der Waals surface area (Å²) in [6.45, 7) is 1.94. The van der Waals surface area contributed by atoms with Crippen LogP contribution < -0.4 is 4.74 Å². The minimum Gasteiger partial charge on any atom is -0.492 e. The lowest BCUT2D eigenvalue weighted by Crippen LogP contribution is -2.26. The Hall–Kier alpha value is -2.60. The number of benzene rings is 2. The topological polar surface area (TPSA) is 70.1 Å². The maximum Gasteiger partial charge on any atom is 0.308 e. The maximum atomic E-state index is 12.3. The summed E-state index contributed by atoms with van der Waals surface area (Å²) in [5.41, 5.74) is 0.932. The van der Waals surface area contributed by atoms with Gasteiger partial charge in [-0.2, -0.15) is 0 Å². The van der Waals surface area contributed by atoms with Gasteiger partial charge in [0.05, 0.1) is 5.92 Å². The van der Waals surface area contributed by atoms with Crippen molar-refractivity contribution < 1.29 is 19.4 Å². The predicted molar refractivity (Wildman–Crippen MR) is 99.2 cm³/mol. The van der Waals surface area contributed by atoms with Crippen LogP contribution in [0.3, 0.4) is 0 Å². The first-order valence-corrected chi connectivity index (χ1v) is 8.74. The first kappa shape index (κ1) is 18.2. The fraction of sp³-hybridized carbons (Fsp3) is 0.400. The fourth-order valence-corrected chi connectivity index (χ4v) is 3.23.